The van der Waals surface area contributed by atoms with Crippen LogP contribution in [0.5, 0.6) is 0 Å². The van der Waals surface area contributed by atoms with Crippen LogP contribution in [-0.4, -0.2) is 41.4 Å². The molecule has 1 unspecified atom stereocenters. The number of anilines is 2. The van der Waals surface area contributed by atoms with E-state index in [1.165, 1.54) is 4.90 Å². The molecule has 2 rings (SSSR count). The van der Waals surface area contributed by atoms with Gasteiger partial charge in [-0.05, 0) is 32.9 Å². The lowest BCUT2D eigenvalue weighted by Crippen LogP contribution is -2.34. The Morgan fingerprint density at radius 1 is 1.45 bits per heavy atom. The van der Waals surface area contributed by atoms with E-state index in [9.17, 15) is 9.59 Å². The van der Waals surface area contributed by atoms with Crippen LogP contribution in [0.4, 0.5) is 16.3 Å². The lowest BCUT2D eigenvalue weighted by Gasteiger charge is -2.24. The number of amides is 2. The number of hydrogen-bond acceptors (Lipinski definition) is 5. The van der Waals surface area contributed by atoms with Gasteiger partial charge in [0.05, 0.1) is 11.9 Å². The van der Waals surface area contributed by atoms with E-state index in [1.807, 2.05) is 20.8 Å². The summed E-state index contributed by atoms with van der Waals surface area (Å²) in [6, 6.07) is 3.46. The first-order chi connectivity index (χ1) is 10.2. The molecule has 1 fully saturated rings. The Morgan fingerprint density at radius 3 is 2.59 bits per heavy atom. The monoisotopic (exact) mass is 323 g/mol. The second-order valence-corrected chi connectivity index (χ2v) is 7.01. The molecule has 2 heterocycles. The number of carbonyl (C=O) groups is 2. The van der Waals surface area contributed by atoms with Crippen LogP contribution in [0.15, 0.2) is 18.3 Å². The maximum Gasteiger partial charge on any atom is 0.415 e. The molecule has 120 valence electrons. The van der Waals surface area contributed by atoms with Crippen molar-refractivity contribution in [3.8, 4) is 0 Å². The molecule has 1 aliphatic heterocycles. The minimum absolute atomic E-state index is 0.0371. The van der Waals surface area contributed by atoms with Gasteiger partial charge in [-0.15, -0.1) is 0 Å². The summed E-state index contributed by atoms with van der Waals surface area (Å²) in [6.07, 6.45) is 1.54. The average molecular weight is 323 g/mol. The summed E-state index contributed by atoms with van der Waals surface area (Å²) >= 11 is 4.33. The third kappa shape index (κ3) is 3.91. The number of ether oxygens (including phenoxy) is 1. The summed E-state index contributed by atoms with van der Waals surface area (Å²) in [5.74, 6) is 0.502. The Labute approximate surface area is 135 Å². The van der Waals surface area contributed by atoms with Crippen molar-refractivity contribution in [1.29, 1.82) is 0 Å². The molecule has 0 N–H and O–H groups in total. The van der Waals surface area contributed by atoms with Gasteiger partial charge in [0.15, 0.2) is 0 Å². The molecule has 0 bridgehead atoms. The van der Waals surface area contributed by atoms with E-state index in [0.29, 0.717) is 24.5 Å². The van der Waals surface area contributed by atoms with Crippen molar-refractivity contribution < 1.29 is 14.3 Å². The highest BCUT2D eigenvalue weighted by molar-refractivity contribution is 7.81. The maximum atomic E-state index is 12.0. The van der Waals surface area contributed by atoms with E-state index < -0.39 is 11.7 Å². The lowest BCUT2D eigenvalue weighted by atomic mass is 10.2. The van der Waals surface area contributed by atoms with Crippen LogP contribution in [0, 0.1) is 0 Å². The van der Waals surface area contributed by atoms with Gasteiger partial charge < -0.3 is 9.64 Å². The van der Waals surface area contributed by atoms with Crippen LogP contribution in [-0.2, 0) is 9.53 Å². The second kappa shape index (κ2) is 6.16. The predicted octanol–water partition coefficient (Wildman–Crippen LogP) is 2.49. The molecule has 2 amide bonds. The highest BCUT2D eigenvalue weighted by atomic mass is 32.1. The van der Waals surface area contributed by atoms with Gasteiger partial charge in [-0.3, -0.25) is 9.69 Å². The highest BCUT2D eigenvalue weighted by Gasteiger charge is 2.28. The summed E-state index contributed by atoms with van der Waals surface area (Å²) in [5.41, 5.74) is 0.150. The predicted molar refractivity (Wildman–Crippen MR) is 88.6 cm³/mol. The summed E-state index contributed by atoms with van der Waals surface area (Å²) in [6.45, 7) is 6.00. The number of aromatic nitrogens is 1. The molecule has 0 spiro atoms. The van der Waals surface area contributed by atoms with Crippen molar-refractivity contribution >= 4 is 36.1 Å². The number of nitrogens with zero attached hydrogens (tertiary/aromatic N) is 3. The van der Waals surface area contributed by atoms with E-state index in [4.69, 9.17) is 4.74 Å². The van der Waals surface area contributed by atoms with Gasteiger partial charge >= 0.3 is 6.09 Å². The Hall–Kier alpha value is -1.76. The van der Waals surface area contributed by atoms with E-state index in [0.717, 1.165) is 0 Å². The number of pyridine rings is 1. The largest absolute Gasteiger partial charge is 0.443 e. The minimum Gasteiger partial charge on any atom is -0.443 e. The zero-order valence-corrected chi connectivity index (χ0v) is 14.1. The molecule has 1 saturated heterocycles. The fourth-order valence-electron chi connectivity index (χ4n) is 2.10. The van der Waals surface area contributed by atoms with Crippen LogP contribution < -0.4 is 9.80 Å². The molecule has 1 aromatic rings. The average Bonchev–Trinajstić information content (AvgIpc) is 2.75. The van der Waals surface area contributed by atoms with Crippen LogP contribution in [0.3, 0.4) is 0 Å². The van der Waals surface area contributed by atoms with Crippen molar-refractivity contribution in [2.24, 2.45) is 0 Å². The Bertz CT molecular complexity index is 568. The molecule has 1 aromatic heterocycles. The molecule has 0 saturated carbocycles. The third-order valence-corrected chi connectivity index (χ3v) is 3.51. The zero-order chi connectivity index (χ0) is 16.5. The number of thiol groups is 1. The normalized spacial score (nSPS) is 18.5. The molecule has 0 aliphatic carbocycles. The Balaban J connectivity index is 2.08. The summed E-state index contributed by atoms with van der Waals surface area (Å²) in [4.78, 5) is 31.0. The van der Waals surface area contributed by atoms with Crippen LogP contribution >= 0.6 is 12.6 Å². The van der Waals surface area contributed by atoms with Gasteiger partial charge in [-0.1, -0.05) is 0 Å². The fourth-order valence-corrected chi connectivity index (χ4v) is 2.42. The van der Waals surface area contributed by atoms with E-state index in [2.05, 4.69) is 17.6 Å². The zero-order valence-electron chi connectivity index (χ0n) is 13.2. The molecular weight excluding hydrogens is 302 g/mol. The smallest absolute Gasteiger partial charge is 0.415 e. The number of rotatable bonds is 2. The molecule has 0 aromatic carbocycles. The van der Waals surface area contributed by atoms with Gasteiger partial charge in [-0.25, -0.2) is 9.78 Å². The first kappa shape index (κ1) is 16.6. The van der Waals surface area contributed by atoms with Gasteiger partial charge in [0, 0.05) is 25.3 Å². The quantitative estimate of drug-likeness (QED) is 0.849. The minimum atomic E-state index is -0.561. The molecule has 0 radical (unpaired) electrons. The molecule has 22 heavy (non-hydrogen) atoms. The number of carbonyl (C=O) groups excluding carboxylic acids is 2. The van der Waals surface area contributed by atoms with Gasteiger partial charge in [-0.2, -0.15) is 12.6 Å². The van der Waals surface area contributed by atoms with Gasteiger partial charge in [0.1, 0.15) is 11.4 Å². The summed E-state index contributed by atoms with van der Waals surface area (Å²) in [5, 5.41) is 0.0524. The van der Waals surface area contributed by atoms with Crippen molar-refractivity contribution in [3.63, 3.8) is 0 Å². The first-order valence-electron chi connectivity index (χ1n) is 7.08. The molecule has 7 heteroatoms. The van der Waals surface area contributed by atoms with E-state index >= 15 is 0 Å². The van der Waals surface area contributed by atoms with Crippen LogP contribution in [0.25, 0.3) is 0 Å². The van der Waals surface area contributed by atoms with Crippen molar-refractivity contribution in [3.05, 3.63) is 18.3 Å². The van der Waals surface area contributed by atoms with Crippen LogP contribution in [0.1, 0.15) is 27.2 Å². The topological polar surface area (TPSA) is 62.7 Å². The molecule has 6 nitrogen and oxygen atoms in total. The fraction of sp³-hybridized carbons (Fsp3) is 0.533. The number of hydrogen-bond donors (Lipinski definition) is 1. The maximum absolute atomic E-state index is 12.0. The van der Waals surface area contributed by atoms with Crippen LogP contribution in [0.2, 0.25) is 0 Å². The SMILES string of the molecule is CN(C(=O)OC(C)(C)C)c1ccc(N2CC(S)CC2=O)cn1. The van der Waals surface area contributed by atoms with Crippen molar-refractivity contribution in [2.75, 3.05) is 23.4 Å². The molecule has 1 aliphatic rings. The van der Waals surface area contributed by atoms with Gasteiger partial charge in [0.2, 0.25) is 5.91 Å². The Morgan fingerprint density at radius 2 is 2.14 bits per heavy atom. The summed E-state index contributed by atoms with van der Waals surface area (Å²) in [7, 11) is 1.60. The van der Waals surface area contributed by atoms with Crippen molar-refractivity contribution in [1.82, 2.24) is 4.98 Å². The van der Waals surface area contributed by atoms with Gasteiger partial charge in [0.25, 0.3) is 0 Å². The Kier molecular flexibility index (Phi) is 4.65. The van der Waals surface area contributed by atoms with E-state index in [-0.39, 0.29) is 11.2 Å². The molecule has 1 atom stereocenters. The van der Waals surface area contributed by atoms with Crippen molar-refractivity contribution in [2.45, 2.75) is 38.0 Å². The third-order valence-electron chi connectivity index (χ3n) is 3.16. The highest BCUT2D eigenvalue weighted by Crippen LogP contribution is 2.25. The lowest BCUT2D eigenvalue weighted by molar-refractivity contribution is -0.117. The van der Waals surface area contributed by atoms with E-state index in [1.54, 1.807) is 30.3 Å². The second-order valence-electron chi connectivity index (χ2n) is 6.28. The standard InChI is InChI=1S/C15H21N3O3S/c1-15(2,3)21-14(20)17(4)12-6-5-10(8-16-12)18-9-11(22)7-13(18)19/h5-6,8,11,22H,7,9H2,1-4H3. The summed E-state index contributed by atoms with van der Waals surface area (Å²) < 4.78 is 5.29. The first-order valence-corrected chi connectivity index (χ1v) is 7.60. The molecular formula is C15H21N3O3S.